The lowest BCUT2D eigenvalue weighted by Crippen LogP contribution is -2.46. The average Bonchev–Trinajstić information content (AvgIpc) is 2.37. The summed E-state index contributed by atoms with van der Waals surface area (Å²) in [5.41, 5.74) is 4.57. The molecule has 1 aliphatic rings. The normalized spacial score (nSPS) is 20.1. The molecule has 0 aromatic heterocycles. The van der Waals surface area contributed by atoms with Crippen molar-refractivity contribution in [1.29, 1.82) is 0 Å². The Hall–Kier alpha value is -1.14. The van der Waals surface area contributed by atoms with E-state index >= 15 is 0 Å². The molecule has 1 amide bonds. The zero-order chi connectivity index (χ0) is 13.6. The number of hydrogen-bond donors (Lipinski definition) is 3. The lowest BCUT2D eigenvalue weighted by Gasteiger charge is -2.33. The lowest BCUT2D eigenvalue weighted by molar-refractivity contribution is -0.154. The molecule has 0 aromatic carbocycles. The molecular weight excluding hydrogens is 236 g/mol. The van der Waals surface area contributed by atoms with Gasteiger partial charge in [-0.25, -0.2) is 0 Å². The Morgan fingerprint density at radius 3 is 2.56 bits per heavy atom. The van der Waals surface area contributed by atoms with Crippen LogP contribution in [0.2, 0.25) is 0 Å². The highest BCUT2D eigenvalue weighted by atomic mass is 16.5. The maximum absolute atomic E-state index is 11.6. The number of amides is 1. The maximum Gasteiger partial charge on any atom is 0.311 e. The van der Waals surface area contributed by atoms with E-state index in [2.05, 4.69) is 5.32 Å². The van der Waals surface area contributed by atoms with Gasteiger partial charge in [0.05, 0.1) is 5.41 Å². The zero-order valence-corrected chi connectivity index (χ0v) is 10.8. The highest BCUT2D eigenvalue weighted by Crippen LogP contribution is 2.30. The zero-order valence-electron chi connectivity index (χ0n) is 10.8. The number of nitrogens with one attached hydrogen (secondary N) is 1. The summed E-state index contributed by atoms with van der Waals surface area (Å²) in [5, 5.41) is 12.0. The van der Waals surface area contributed by atoms with Crippen molar-refractivity contribution in [1.82, 2.24) is 5.32 Å². The molecule has 0 saturated carbocycles. The van der Waals surface area contributed by atoms with Gasteiger partial charge in [-0.05, 0) is 25.3 Å². The van der Waals surface area contributed by atoms with Crippen LogP contribution in [0.4, 0.5) is 0 Å². The largest absolute Gasteiger partial charge is 0.481 e. The monoisotopic (exact) mass is 258 g/mol. The van der Waals surface area contributed by atoms with Gasteiger partial charge in [-0.3, -0.25) is 9.59 Å². The van der Waals surface area contributed by atoms with Crippen LogP contribution in [-0.4, -0.2) is 43.3 Å². The summed E-state index contributed by atoms with van der Waals surface area (Å²) in [6.07, 6.45) is 1.22. The predicted molar refractivity (Wildman–Crippen MR) is 66.0 cm³/mol. The van der Waals surface area contributed by atoms with Crippen molar-refractivity contribution < 1.29 is 19.4 Å². The van der Waals surface area contributed by atoms with Crippen molar-refractivity contribution in [3.05, 3.63) is 0 Å². The van der Waals surface area contributed by atoms with Crippen LogP contribution in [0.25, 0.3) is 0 Å². The van der Waals surface area contributed by atoms with E-state index in [1.54, 1.807) is 0 Å². The first kappa shape index (κ1) is 14.9. The van der Waals surface area contributed by atoms with E-state index in [0.717, 1.165) is 0 Å². The van der Waals surface area contributed by atoms with Crippen LogP contribution < -0.4 is 11.1 Å². The van der Waals surface area contributed by atoms with Crippen molar-refractivity contribution in [3.8, 4) is 0 Å². The molecule has 6 heteroatoms. The van der Waals surface area contributed by atoms with Gasteiger partial charge in [-0.2, -0.15) is 0 Å². The molecular formula is C12H22N2O4. The standard InChI is InChI=1S/C12H22N2O4/c1-9(7-13)6-10(15)14-8-12(11(16)17)2-4-18-5-3-12/h9H,2-8,13H2,1H3,(H,14,15)(H,16,17). The van der Waals surface area contributed by atoms with E-state index in [1.807, 2.05) is 6.92 Å². The van der Waals surface area contributed by atoms with E-state index in [-0.39, 0.29) is 18.4 Å². The van der Waals surface area contributed by atoms with Crippen LogP contribution >= 0.6 is 0 Å². The van der Waals surface area contributed by atoms with E-state index in [9.17, 15) is 14.7 Å². The fourth-order valence-electron chi connectivity index (χ4n) is 1.97. The predicted octanol–water partition coefficient (Wildman–Crippen LogP) is -0.0311. The number of carboxylic acids is 1. The summed E-state index contributed by atoms with van der Waals surface area (Å²) in [6, 6.07) is 0. The summed E-state index contributed by atoms with van der Waals surface area (Å²) in [6.45, 7) is 3.37. The second-order valence-electron chi connectivity index (χ2n) is 5.02. The molecule has 0 spiro atoms. The molecule has 1 heterocycles. The van der Waals surface area contributed by atoms with E-state index < -0.39 is 11.4 Å². The van der Waals surface area contributed by atoms with Crippen molar-refractivity contribution in [3.63, 3.8) is 0 Å². The molecule has 6 nitrogen and oxygen atoms in total. The first-order valence-corrected chi connectivity index (χ1v) is 6.28. The quantitative estimate of drug-likeness (QED) is 0.621. The number of carbonyl (C=O) groups is 2. The van der Waals surface area contributed by atoms with Crippen LogP contribution in [0.3, 0.4) is 0 Å². The third-order valence-corrected chi connectivity index (χ3v) is 3.46. The van der Waals surface area contributed by atoms with Gasteiger partial charge in [0.15, 0.2) is 0 Å². The minimum absolute atomic E-state index is 0.112. The minimum Gasteiger partial charge on any atom is -0.481 e. The molecule has 104 valence electrons. The third kappa shape index (κ3) is 3.96. The van der Waals surface area contributed by atoms with Crippen LogP contribution in [-0.2, 0) is 14.3 Å². The number of hydrogen-bond acceptors (Lipinski definition) is 4. The van der Waals surface area contributed by atoms with Gasteiger partial charge in [-0.15, -0.1) is 0 Å². The SMILES string of the molecule is CC(CN)CC(=O)NCC1(C(=O)O)CCOCC1. The molecule has 0 radical (unpaired) electrons. The summed E-state index contributed by atoms with van der Waals surface area (Å²) in [5.74, 6) is -0.890. The van der Waals surface area contributed by atoms with Crippen LogP contribution in [0, 0.1) is 11.3 Å². The Morgan fingerprint density at radius 2 is 2.06 bits per heavy atom. The van der Waals surface area contributed by atoms with Crippen LogP contribution in [0.5, 0.6) is 0 Å². The Morgan fingerprint density at radius 1 is 1.44 bits per heavy atom. The first-order valence-electron chi connectivity index (χ1n) is 6.28. The van der Waals surface area contributed by atoms with Gasteiger partial charge >= 0.3 is 5.97 Å². The van der Waals surface area contributed by atoms with E-state index in [1.165, 1.54) is 0 Å². The van der Waals surface area contributed by atoms with Gasteiger partial charge < -0.3 is 20.9 Å². The summed E-state index contributed by atoms with van der Waals surface area (Å²) in [7, 11) is 0. The molecule has 1 saturated heterocycles. The highest BCUT2D eigenvalue weighted by Gasteiger charge is 2.40. The molecule has 1 fully saturated rings. The number of nitrogens with two attached hydrogens (primary N) is 1. The Bertz CT molecular complexity index is 300. The van der Waals surface area contributed by atoms with Crippen LogP contribution in [0.1, 0.15) is 26.2 Å². The highest BCUT2D eigenvalue weighted by molar-refractivity contribution is 5.79. The lowest BCUT2D eigenvalue weighted by atomic mass is 9.80. The van der Waals surface area contributed by atoms with Gasteiger partial charge in [0, 0.05) is 26.2 Å². The molecule has 1 aliphatic heterocycles. The van der Waals surface area contributed by atoms with Gasteiger partial charge in [0.1, 0.15) is 0 Å². The van der Waals surface area contributed by atoms with Crippen molar-refractivity contribution >= 4 is 11.9 Å². The smallest absolute Gasteiger partial charge is 0.311 e. The Balaban J connectivity index is 2.47. The maximum atomic E-state index is 11.6. The number of carboxylic acid groups (broad SMARTS) is 1. The third-order valence-electron chi connectivity index (χ3n) is 3.46. The molecule has 0 aromatic rings. The summed E-state index contributed by atoms with van der Waals surface area (Å²) in [4.78, 5) is 23.0. The molecule has 4 N–H and O–H groups in total. The fourth-order valence-corrected chi connectivity index (χ4v) is 1.97. The Kier molecular flexibility index (Phi) is 5.55. The van der Waals surface area contributed by atoms with Gasteiger partial charge in [0.25, 0.3) is 0 Å². The number of aliphatic carboxylic acids is 1. The molecule has 1 unspecified atom stereocenters. The first-order chi connectivity index (χ1) is 8.50. The van der Waals surface area contributed by atoms with E-state index in [4.69, 9.17) is 10.5 Å². The van der Waals surface area contributed by atoms with E-state index in [0.29, 0.717) is 39.0 Å². The molecule has 1 atom stereocenters. The molecule has 1 rings (SSSR count). The molecule has 18 heavy (non-hydrogen) atoms. The summed E-state index contributed by atoms with van der Waals surface area (Å²) < 4.78 is 5.17. The minimum atomic E-state index is -0.875. The second kappa shape index (κ2) is 6.70. The molecule has 0 aliphatic carbocycles. The van der Waals surface area contributed by atoms with Crippen molar-refractivity contribution in [2.24, 2.45) is 17.1 Å². The van der Waals surface area contributed by atoms with Crippen molar-refractivity contribution in [2.45, 2.75) is 26.2 Å². The van der Waals surface area contributed by atoms with Gasteiger partial charge in [-0.1, -0.05) is 6.92 Å². The average molecular weight is 258 g/mol. The van der Waals surface area contributed by atoms with Crippen molar-refractivity contribution in [2.75, 3.05) is 26.3 Å². The van der Waals surface area contributed by atoms with Crippen LogP contribution in [0.15, 0.2) is 0 Å². The second-order valence-corrected chi connectivity index (χ2v) is 5.02. The van der Waals surface area contributed by atoms with Gasteiger partial charge in [0.2, 0.25) is 5.91 Å². The number of rotatable bonds is 6. The number of carbonyl (C=O) groups excluding carboxylic acids is 1. The fraction of sp³-hybridized carbons (Fsp3) is 0.833. The summed E-state index contributed by atoms with van der Waals surface area (Å²) >= 11 is 0. The Labute approximate surface area is 107 Å². The topological polar surface area (TPSA) is 102 Å². The molecule has 0 bridgehead atoms. The number of ether oxygens (including phenoxy) is 1.